The van der Waals surface area contributed by atoms with Crippen molar-refractivity contribution < 1.29 is 8.42 Å². The van der Waals surface area contributed by atoms with Crippen LogP contribution < -0.4 is 5.73 Å². The SMILES string of the molecule is N#CCN(CC#N)S(=O)(=O)c1ccc(N)c(Br)c1. The first-order chi connectivity index (χ1) is 8.43. The van der Waals surface area contributed by atoms with Crippen LogP contribution in [0.5, 0.6) is 0 Å². The van der Waals surface area contributed by atoms with Crippen LogP contribution in [0.2, 0.25) is 0 Å². The molecule has 1 aromatic carbocycles. The molecule has 0 aromatic heterocycles. The molecule has 0 aliphatic rings. The first-order valence-corrected chi connectivity index (χ1v) is 6.96. The van der Waals surface area contributed by atoms with E-state index < -0.39 is 10.0 Å². The zero-order valence-corrected chi connectivity index (χ0v) is 11.6. The van der Waals surface area contributed by atoms with Gasteiger partial charge in [-0.15, -0.1) is 0 Å². The van der Waals surface area contributed by atoms with E-state index in [-0.39, 0.29) is 18.0 Å². The third-order valence-corrected chi connectivity index (χ3v) is 4.58. The molecule has 0 aliphatic heterocycles. The van der Waals surface area contributed by atoms with Crippen LogP contribution in [0.4, 0.5) is 5.69 Å². The van der Waals surface area contributed by atoms with Gasteiger partial charge in [-0.05, 0) is 34.1 Å². The second kappa shape index (κ2) is 5.83. The second-order valence-corrected chi connectivity index (χ2v) is 6.06. The monoisotopic (exact) mass is 328 g/mol. The Labute approximate surface area is 113 Å². The molecule has 0 unspecified atom stereocenters. The van der Waals surface area contributed by atoms with Gasteiger partial charge in [-0.2, -0.15) is 14.8 Å². The highest BCUT2D eigenvalue weighted by Gasteiger charge is 2.24. The van der Waals surface area contributed by atoms with E-state index >= 15 is 0 Å². The summed E-state index contributed by atoms with van der Waals surface area (Å²) >= 11 is 3.13. The van der Waals surface area contributed by atoms with Gasteiger partial charge in [0.15, 0.2) is 0 Å². The van der Waals surface area contributed by atoms with Crippen molar-refractivity contribution in [2.45, 2.75) is 4.90 Å². The van der Waals surface area contributed by atoms with Crippen molar-refractivity contribution >= 4 is 31.6 Å². The maximum absolute atomic E-state index is 12.1. The molecule has 94 valence electrons. The quantitative estimate of drug-likeness (QED) is 0.656. The third-order valence-electron chi connectivity index (χ3n) is 2.10. The van der Waals surface area contributed by atoms with Crippen molar-refractivity contribution in [2.75, 3.05) is 18.8 Å². The van der Waals surface area contributed by atoms with Gasteiger partial charge in [0.25, 0.3) is 0 Å². The Kier molecular flexibility index (Phi) is 4.68. The van der Waals surface area contributed by atoms with Crippen molar-refractivity contribution in [2.24, 2.45) is 0 Å². The fourth-order valence-electron chi connectivity index (χ4n) is 1.20. The van der Waals surface area contributed by atoms with E-state index in [0.29, 0.717) is 10.2 Å². The number of benzene rings is 1. The Morgan fingerprint density at radius 2 is 1.83 bits per heavy atom. The number of nitrogens with zero attached hydrogens (tertiary/aromatic N) is 3. The lowest BCUT2D eigenvalue weighted by molar-refractivity contribution is 0.479. The number of hydrogen-bond acceptors (Lipinski definition) is 5. The Balaban J connectivity index is 3.23. The zero-order valence-electron chi connectivity index (χ0n) is 9.17. The minimum atomic E-state index is -3.86. The lowest BCUT2D eigenvalue weighted by Crippen LogP contribution is -2.31. The lowest BCUT2D eigenvalue weighted by Gasteiger charge is -2.16. The molecule has 0 saturated carbocycles. The highest BCUT2D eigenvalue weighted by Crippen LogP contribution is 2.24. The Morgan fingerprint density at radius 1 is 1.28 bits per heavy atom. The normalized spacial score (nSPS) is 10.9. The van der Waals surface area contributed by atoms with Crippen molar-refractivity contribution in [3.05, 3.63) is 22.7 Å². The van der Waals surface area contributed by atoms with Gasteiger partial charge in [-0.1, -0.05) is 0 Å². The summed E-state index contributed by atoms with van der Waals surface area (Å²) in [5, 5.41) is 17.2. The van der Waals surface area contributed by atoms with Crippen LogP contribution >= 0.6 is 15.9 Å². The first-order valence-electron chi connectivity index (χ1n) is 4.72. The number of halogens is 1. The fraction of sp³-hybridized carbons (Fsp3) is 0.200. The van der Waals surface area contributed by atoms with Crippen LogP contribution in [0.3, 0.4) is 0 Å². The summed E-state index contributed by atoms with van der Waals surface area (Å²) in [5.41, 5.74) is 5.97. The summed E-state index contributed by atoms with van der Waals surface area (Å²) in [4.78, 5) is -0.0194. The van der Waals surface area contributed by atoms with Crippen molar-refractivity contribution in [1.29, 1.82) is 10.5 Å². The smallest absolute Gasteiger partial charge is 0.245 e. The highest BCUT2D eigenvalue weighted by molar-refractivity contribution is 9.10. The summed E-state index contributed by atoms with van der Waals surface area (Å²) in [6.45, 7) is -0.754. The molecular weight excluding hydrogens is 320 g/mol. The van der Waals surface area contributed by atoms with E-state index in [1.165, 1.54) is 18.2 Å². The number of rotatable bonds is 4. The molecule has 8 heteroatoms. The predicted octanol–water partition coefficient (Wildman–Crippen LogP) is 1.07. The van der Waals surface area contributed by atoms with E-state index in [0.717, 1.165) is 4.31 Å². The van der Waals surface area contributed by atoms with E-state index in [2.05, 4.69) is 15.9 Å². The molecule has 0 heterocycles. The van der Waals surface area contributed by atoms with Gasteiger partial charge in [0, 0.05) is 10.2 Å². The average molecular weight is 329 g/mol. The standard InChI is InChI=1S/C10H9BrN4O2S/c11-9-7-8(1-2-10(9)14)18(16,17)15(5-3-12)6-4-13/h1-2,7H,5-6,14H2. The second-order valence-electron chi connectivity index (χ2n) is 3.27. The number of anilines is 1. The van der Waals surface area contributed by atoms with Gasteiger partial charge in [-0.25, -0.2) is 8.42 Å². The number of nitrogens with two attached hydrogens (primary N) is 1. The van der Waals surface area contributed by atoms with Crippen LogP contribution in [0.15, 0.2) is 27.6 Å². The Morgan fingerprint density at radius 3 is 2.28 bits per heavy atom. The van der Waals surface area contributed by atoms with Gasteiger partial charge >= 0.3 is 0 Å². The molecule has 1 aromatic rings. The molecule has 2 N–H and O–H groups in total. The fourth-order valence-corrected chi connectivity index (χ4v) is 2.99. The number of nitrogen functional groups attached to an aromatic ring is 1. The summed E-state index contributed by atoms with van der Waals surface area (Å²) in [6, 6.07) is 7.54. The average Bonchev–Trinajstić information content (AvgIpc) is 2.32. The molecule has 6 nitrogen and oxygen atoms in total. The van der Waals surface area contributed by atoms with Gasteiger partial charge in [0.05, 0.1) is 17.0 Å². The van der Waals surface area contributed by atoms with Gasteiger partial charge in [-0.3, -0.25) is 0 Å². The summed E-state index contributed by atoms with van der Waals surface area (Å²) < 4.78 is 25.5. The van der Waals surface area contributed by atoms with E-state index in [1.807, 2.05) is 0 Å². The van der Waals surface area contributed by atoms with Crippen LogP contribution in [-0.2, 0) is 10.0 Å². The van der Waals surface area contributed by atoms with Gasteiger partial charge in [0.2, 0.25) is 10.0 Å². The molecule has 0 spiro atoms. The minimum absolute atomic E-state index is 0.0194. The molecule has 18 heavy (non-hydrogen) atoms. The third kappa shape index (κ3) is 2.99. The van der Waals surface area contributed by atoms with Crippen molar-refractivity contribution in [3.63, 3.8) is 0 Å². The Hall–Kier alpha value is -1.61. The van der Waals surface area contributed by atoms with Crippen molar-refractivity contribution in [1.82, 2.24) is 4.31 Å². The maximum atomic E-state index is 12.1. The molecular formula is C10H9BrN4O2S. The molecule has 0 radical (unpaired) electrons. The van der Waals surface area contributed by atoms with Crippen LogP contribution in [0, 0.1) is 22.7 Å². The number of hydrogen-bond donors (Lipinski definition) is 1. The molecule has 0 saturated heterocycles. The van der Waals surface area contributed by atoms with E-state index in [4.69, 9.17) is 16.3 Å². The van der Waals surface area contributed by atoms with Gasteiger partial charge < -0.3 is 5.73 Å². The van der Waals surface area contributed by atoms with E-state index in [9.17, 15) is 8.42 Å². The molecule has 0 fully saturated rings. The van der Waals surface area contributed by atoms with Crippen LogP contribution in [0.1, 0.15) is 0 Å². The molecule has 0 bridgehead atoms. The predicted molar refractivity (Wildman–Crippen MR) is 68.5 cm³/mol. The molecule has 0 amide bonds. The summed E-state index contributed by atoms with van der Waals surface area (Å²) in [7, 11) is -3.86. The highest BCUT2D eigenvalue weighted by atomic mass is 79.9. The largest absolute Gasteiger partial charge is 0.398 e. The topological polar surface area (TPSA) is 111 Å². The van der Waals surface area contributed by atoms with Crippen LogP contribution in [0.25, 0.3) is 0 Å². The molecule has 0 atom stereocenters. The maximum Gasteiger partial charge on any atom is 0.245 e. The Bertz CT molecular complexity index is 614. The van der Waals surface area contributed by atoms with Crippen molar-refractivity contribution in [3.8, 4) is 12.1 Å². The zero-order chi connectivity index (χ0) is 13.8. The first kappa shape index (κ1) is 14.5. The van der Waals surface area contributed by atoms with E-state index in [1.54, 1.807) is 12.1 Å². The minimum Gasteiger partial charge on any atom is -0.398 e. The summed E-state index contributed by atoms with van der Waals surface area (Å²) in [5.74, 6) is 0. The van der Waals surface area contributed by atoms with Gasteiger partial charge in [0.1, 0.15) is 13.1 Å². The molecule has 0 aliphatic carbocycles. The lowest BCUT2D eigenvalue weighted by atomic mass is 10.3. The van der Waals surface area contributed by atoms with Crippen LogP contribution in [-0.4, -0.2) is 25.8 Å². The number of nitriles is 2. The summed E-state index contributed by atoms with van der Waals surface area (Å²) in [6.07, 6.45) is 0. The number of sulfonamides is 1. The molecule has 1 rings (SSSR count).